The predicted octanol–water partition coefficient (Wildman–Crippen LogP) is 1.93. The highest BCUT2D eigenvalue weighted by Gasteiger charge is 2.74. The monoisotopic (exact) mass is 300 g/mol. The first-order valence-electron chi connectivity index (χ1n) is 6.98. The van der Waals surface area contributed by atoms with Crippen molar-refractivity contribution < 1.29 is 28.5 Å². The number of hydrogen-bond donors (Lipinski definition) is 0. The number of carbonyl (C=O) groups is 1. The molecule has 5 rings (SSSR count). The largest absolute Gasteiger partial charge is 0.400 e. The lowest BCUT2D eigenvalue weighted by atomic mass is 9.97. The Morgan fingerprint density at radius 3 is 2.77 bits per heavy atom. The first kappa shape index (κ1) is 12.5. The third-order valence-electron chi connectivity index (χ3n) is 4.29. The van der Waals surface area contributed by atoms with Crippen LogP contribution in [0.1, 0.15) is 22.8 Å². The number of esters is 1. The Morgan fingerprint density at radius 1 is 1.09 bits per heavy atom. The van der Waals surface area contributed by atoms with Crippen molar-refractivity contribution in [2.24, 2.45) is 0 Å². The molecule has 1 aromatic rings. The molecule has 0 amide bonds. The molecule has 1 spiro atoms. The lowest BCUT2D eigenvalue weighted by Crippen LogP contribution is -2.47. The molecule has 2 saturated heterocycles. The van der Waals surface area contributed by atoms with Gasteiger partial charge in [-0.3, -0.25) is 9.47 Å². The van der Waals surface area contributed by atoms with E-state index in [1.165, 1.54) is 0 Å². The zero-order valence-electron chi connectivity index (χ0n) is 11.7. The van der Waals surface area contributed by atoms with Gasteiger partial charge in [-0.05, 0) is 36.8 Å². The Balaban J connectivity index is 1.70. The third kappa shape index (κ3) is 1.27. The molecule has 6 heteroatoms. The summed E-state index contributed by atoms with van der Waals surface area (Å²) in [5, 5.41) is 0. The topological polar surface area (TPSA) is 63.2 Å². The van der Waals surface area contributed by atoms with Crippen molar-refractivity contribution in [1.82, 2.24) is 0 Å². The summed E-state index contributed by atoms with van der Waals surface area (Å²) in [6.07, 6.45) is 5.38. The van der Waals surface area contributed by atoms with Crippen LogP contribution in [0.25, 0.3) is 0 Å². The molecule has 112 valence electrons. The van der Waals surface area contributed by atoms with Gasteiger partial charge in [0, 0.05) is 0 Å². The fraction of sp³-hybridized carbons (Fsp3) is 0.312. The van der Waals surface area contributed by atoms with Crippen molar-refractivity contribution in [3.8, 4) is 0 Å². The maximum absolute atomic E-state index is 12.1. The van der Waals surface area contributed by atoms with Gasteiger partial charge in [-0.25, -0.2) is 4.79 Å². The van der Waals surface area contributed by atoms with Crippen molar-refractivity contribution in [1.29, 1.82) is 0 Å². The number of fused-ring (bicyclic) bond motifs is 2. The highest BCUT2D eigenvalue weighted by molar-refractivity contribution is 5.94. The molecule has 6 nitrogen and oxygen atoms in total. The molecule has 0 saturated carbocycles. The summed E-state index contributed by atoms with van der Waals surface area (Å²) in [5.41, 5.74) is 1.87. The second-order valence-electron chi connectivity index (χ2n) is 5.66. The van der Waals surface area contributed by atoms with E-state index >= 15 is 0 Å². The average molecular weight is 300 g/mol. The normalized spacial score (nSPS) is 41.1. The fourth-order valence-corrected chi connectivity index (χ4v) is 3.30. The van der Waals surface area contributed by atoms with E-state index in [1.54, 1.807) is 36.4 Å². The number of hydrogen-bond acceptors (Lipinski definition) is 6. The molecule has 1 aromatic carbocycles. The number of ether oxygens (including phenoxy) is 5. The Hall–Kier alpha value is -1.99. The van der Waals surface area contributed by atoms with Gasteiger partial charge in [0.25, 0.3) is 11.6 Å². The molecular formula is C16H12O6. The zero-order valence-corrected chi connectivity index (χ0v) is 11.7. The lowest BCUT2D eigenvalue weighted by Gasteiger charge is -2.30. The smallest absolute Gasteiger partial charge is 0.365 e. The van der Waals surface area contributed by atoms with Gasteiger partial charge in [-0.15, -0.1) is 0 Å². The summed E-state index contributed by atoms with van der Waals surface area (Å²) < 4.78 is 28.8. The number of allylic oxidation sites excluding steroid dienone is 2. The maximum atomic E-state index is 12.1. The van der Waals surface area contributed by atoms with Crippen molar-refractivity contribution in [3.63, 3.8) is 0 Å². The quantitative estimate of drug-likeness (QED) is 0.682. The lowest BCUT2D eigenvalue weighted by molar-refractivity contribution is -0.369. The van der Waals surface area contributed by atoms with Crippen LogP contribution in [0.2, 0.25) is 0 Å². The van der Waals surface area contributed by atoms with Crippen LogP contribution < -0.4 is 0 Å². The van der Waals surface area contributed by atoms with Crippen molar-refractivity contribution in [2.75, 3.05) is 6.79 Å². The highest BCUT2D eigenvalue weighted by atomic mass is 17.0. The van der Waals surface area contributed by atoms with E-state index in [0.717, 1.165) is 5.57 Å². The molecule has 0 bridgehead atoms. The van der Waals surface area contributed by atoms with E-state index in [-0.39, 0.29) is 6.79 Å². The molecule has 0 aromatic heterocycles. The zero-order chi connectivity index (χ0) is 15.0. The van der Waals surface area contributed by atoms with Crippen molar-refractivity contribution in [2.45, 2.75) is 24.5 Å². The molecule has 2 fully saturated rings. The summed E-state index contributed by atoms with van der Waals surface area (Å²) >= 11 is 0. The van der Waals surface area contributed by atoms with Gasteiger partial charge < -0.3 is 14.2 Å². The minimum atomic E-state index is -1.65. The van der Waals surface area contributed by atoms with E-state index < -0.39 is 23.5 Å². The van der Waals surface area contributed by atoms with Crippen LogP contribution in [0, 0.1) is 0 Å². The minimum Gasteiger partial charge on any atom is -0.400 e. The second-order valence-corrected chi connectivity index (χ2v) is 5.66. The molecule has 0 radical (unpaired) electrons. The fourth-order valence-electron chi connectivity index (χ4n) is 3.30. The number of carbonyl (C=O) groups excluding carboxylic acids is 1. The van der Waals surface area contributed by atoms with Gasteiger partial charge in [-0.1, -0.05) is 18.2 Å². The summed E-state index contributed by atoms with van der Waals surface area (Å²) in [6, 6.07) is 6.96. The summed E-state index contributed by atoms with van der Waals surface area (Å²) in [6.45, 7) is 1.94. The van der Waals surface area contributed by atoms with Crippen LogP contribution in [0.3, 0.4) is 0 Å². The van der Waals surface area contributed by atoms with Gasteiger partial charge in [0.1, 0.15) is 0 Å². The van der Waals surface area contributed by atoms with Crippen LogP contribution in [0.5, 0.6) is 0 Å². The molecule has 0 N–H and O–H groups in total. The first-order chi connectivity index (χ1) is 10.6. The predicted molar refractivity (Wildman–Crippen MR) is 71.1 cm³/mol. The van der Waals surface area contributed by atoms with Gasteiger partial charge in [0.15, 0.2) is 6.79 Å². The summed E-state index contributed by atoms with van der Waals surface area (Å²) in [5.74, 6) is -4.67. The molecule has 4 aliphatic rings. The summed E-state index contributed by atoms with van der Waals surface area (Å²) in [4.78, 5) is 12.1. The van der Waals surface area contributed by atoms with Crippen LogP contribution in [0.4, 0.5) is 0 Å². The summed E-state index contributed by atoms with van der Waals surface area (Å²) in [7, 11) is 0. The van der Waals surface area contributed by atoms with Gasteiger partial charge >= 0.3 is 11.9 Å². The molecular weight excluding hydrogens is 288 g/mol. The Bertz CT molecular complexity index is 768. The molecule has 3 aliphatic heterocycles. The number of benzene rings is 1. The third-order valence-corrected chi connectivity index (χ3v) is 4.29. The van der Waals surface area contributed by atoms with Gasteiger partial charge in [0.2, 0.25) is 0 Å². The molecule has 1 aliphatic carbocycles. The van der Waals surface area contributed by atoms with Crippen LogP contribution in [0.15, 0.2) is 48.1 Å². The van der Waals surface area contributed by atoms with Crippen LogP contribution in [-0.4, -0.2) is 24.3 Å². The van der Waals surface area contributed by atoms with Crippen molar-refractivity contribution >= 4 is 5.97 Å². The molecule has 3 heterocycles. The van der Waals surface area contributed by atoms with Gasteiger partial charge in [-0.2, -0.15) is 0 Å². The van der Waals surface area contributed by atoms with E-state index in [4.69, 9.17) is 23.7 Å². The first-order valence-corrected chi connectivity index (χ1v) is 6.98. The molecule has 22 heavy (non-hydrogen) atoms. The van der Waals surface area contributed by atoms with Gasteiger partial charge in [0.05, 0.1) is 11.1 Å². The van der Waals surface area contributed by atoms with Crippen LogP contribution >= 0.6 is 0 Å². The van der Waals surface area contributed by atoms with E-state index in [2.05, 4.69) is 0 Å². The highest BCUT2D eigenvalue weighted by Crippen LogP contribution is 2.58. The Labute approximate surface area is 125 Å². The standard InChI is InChI=1S/C16H12O6/c1-10-6-7-14-15(8-10,19-9-18-14)22-16(21-14)12-5-3-2-4-11(12)13(17)20-16/h2-8H,9H2,1H3. The number of rotatable bonds is 0. The van der Waals surface area contributed by atoms with Crippen molar-refractivity contribution in [3.05, 3.63) is 59.2 Å². The minimum absolute atomic E-state index is 0.0276. The molecule has 3 atom stereocenters. The second kappa shape index (κ2) is 3.67. The Kier molecular flexibility index (Phi) is 2.09. The Morgan fingerprint density at radius 2 is 1.86 bits per heavy atom. The maximum Gasteiger partial charge on any atom is 0.365 e. The van der Waals surface area contributed by atoms with E-state index in [9.17, 15) is 4.79 Å². The molecule has 3 unspecified atom stereocenters. The van der Waals surface area contributed by atoms with E-state index in [1.807, 2.05) is 13.0 Å². The van der Waals surface area contributed by atoms with Crippen LogP contribution in [-0.2, 0) is 29.7 Å². The SMILES string of the molecule is CC1=CC23OCOC2(C=C1)OC1(OC(=O)c2ccccc21)O3. The van der Waals surface area contributed by atoms with E-state index in [0.29, 0.717) is 11.1 Å². The average Bonchev–Trinajstić information content (AvgIpc) is 3.06.